The number of non-ortho nitro benzene ring substituents is 1. The van der Waals surface area contributed by atoms with E-state index in [4.69, 9.17) is 4.74 Å². The summed E-state index contributed by atoms with van der Waals surface area (Å²) in [5.74, 6) is -0.700. The molecule has 5 rings (SSSR count). The molecule has 2 fully saturated rings. The number of anilines is 2. The molecule has 0 radical (unpaired) electrons. The fourth-order valence-corrected chi connectivity index (χ4v) is 5.26. The van der Waals surface area contributed by atoms with Crippen molar-refractivity contribution in [1.29, 1.82) is 0 Å². The Morgan fingerprint density at radius 2 is 1.82 bits per heavy atom. The van der Waals surface area contributed by atoms with E-state index in [0.29, 0.717) is 37.6 Å². The zero-order valence-electron chi connectivity index (χ0n) is 18.4. The number of benzene rings is 2. The van der Waals surface area contributed by atoms with Gasteiger partial charge < -0.3 is 14.5 Å². The first-order valence-electron chi connectivity index (χ1n) is 11.0. The number of urea groups is 1. The number of para-hydroxylation sites is 2. The van der Waals surface area contributed by atoms with Crippen LogP contribution in [0.15, 0.2) is 42.5 Å². The van der Waals surface area contributed by atoms with E-state index >= 15 is 0 Å². The third kappa shape index (κ3) is 3.23. The van der Waals surface area contributed by atoms with Crippen molar-refractivity contribution in [3.05, 3.63) is 58.1 Å². The number of hydrogen-bond donors (Lipinski definition) is 2. The van der Waals surface area contributed by atoms with Crippen molar-refractivity contribution in [3.8, 4) is 5.75 Å². The van der Waals surface area contributed by atoms with Crippen LogP contribution in [0.5, 0.6) is 5.75 Å². The van der Waals surface area contributed by atoms with Crippen molar-refractivity contribution in [2.75, 3.05) is 36.0 Å². The molecule has 2 N–H and O–H groups in total. The molecule has 1 spiro atoms. The maximum absolute atomic E-state index is 13.3. The second kappa shape index (κ2) is 8.01. The van der Waals surface area contributed by atoms with Crippen LogP contribution in [0.1, 0.15) is 12.5 Å². The van der Waals surface area contributed by atoms with Crippen molar-refractivity contribution in [3.63, 3.8) is 0 Å². The van der Waals surface area contributed by atoms with Gasteiger partial charge in [-0.3, -0.25) is 30.3 Å². The van der Waals surface area contributed by atoms with Crippen molar-refractivity contribution in [2.45, 2.75) is 19.4 Å². The van der Waals surface area contributed by atoms with E-state index in [-0.39, 0.29) is 12.1 Å². The number of carbonyl (C=O) groups is 3. The molecule has 0 aliphatic carbocycles. The highest BCUT2D eigenvalue weighted by Crippen LogP contribution is 2.46. The zero-order valence-corrected chi connectivity index (χ0v) is 18.4. The Morgan fingerprint density at radius 1 is 1.09 bits per heavy atom. The van der Waals surface area contributed by atoms with Gasteiger partial charge in [0.25, 0.3) is 5.69 Å². The lowest BCUT2D eigenvalue weighted by Crippen LogP contribution is -2.74. The van der Waals surface area contributed by atoms with E-state index in [9.17, 15) is 24.5 Å². The molecule has 0 bridgehead atoms. The van der Waals surface area contributed by atoms with Crippen LogP contribution < -0.4 is 25.2 Å². The van der Waals surface area contributed by atoms with E-state index in [1.807, 2.05) is 36.1 Å². The number of ether oxygens (including phenoxy) is 1. The Labute approximate surface area is 194 Å². The topological polar surface area (TPSA) is 134 Å². The molecule has 2 aromatic carbocycles. The molecule has 11 nitrogen and oxygen atoms in total. The monoisotopic (exact) mass is 465 g/mol. The first-order chi connectivity index (χ1) is 16.3. The molecule has 4 amide bonds. The van der Waals surface area contributed by atoms with Crippen LogP contribution >= 0.6 is 0 Å². The number of hydrogen-bond acceptors (Lipinski definition) is 8. The predicted octanol–water partition coefficient (Wildman–Crippen LogP) is 1.60. The number of nitrogens with zero attached hydrogens (tertiary/aromatic N) is 3. The molecule has 11 heteroatoms. The molecule has 2 aromatic rings. The minimum Gasteiger partial charge on any atom is -0.492 e. The van der Waals surface area contributed by atoms with Gasteiger partial charge in [0.05, 0.1) is 23.3 Å². The van der Waals surface area contributed by atoms with Crippen LogP contribution in [0.4, 0.5) is 21.9 Å². The van der Waals surface area contributed by atoms with E-state index < -0.39 is 34.2 Å². The van der Waals surface area contributed by atoms with E-state index in [0.717, 1.165) is 11.4 Å². The van der Waals surface area contributed by atoms with Crippen LogP contribution in [0.2, 0.25) is 0 Å². The average molecular weight is 465 g/mol. The summed E-state index contributed by atoms with van der Waals surface area (Å²) >= 11 is 0. The van der Waals surface area contributed by atoms with Gasteiger partial charge >= 0.3 is 6.03 Å². The number of piperazine rings is 1. The number of barbiturate groups is 1. The third-order valence-electron chi connectivity index (χ3n) is 6.77. The number of rotatable bonds is 4. The van der Waals surface area contributed by atoms with Gasteiger partial charge in [0, 0.05) is 43.9 Å². The molecule has 0 unspecified atom stereocenters. The molecule has 3 aliphatic rings. The SMILES string of the molecule is CCOc1ccccc1N1CCN2c3ccc([N+](=O)[O-])cc3CC3(C(=O)NC(=O)NC3=O)[C@@H]2C1. The van der Waals surface area contributed by atoms with Gasteiger partial charge in [-0.15, -0.1) is 0 Å². The third-order valence-corrected chi connectivity index (χ3v) is 6.77. The number of fused-ring (bicyclic) bond motifs is 4. The highest BCUT2D eigenvalue weighted by molar-refractivity contribution is 6.20. The second-order valence-corrected chi connectivity index (χ2v) is 8.51. The lowest BCUT2D eigenvalue weighted by molar-refractivity contribution is -0.384. The Hall–Kier alpha value is -4.15. The standard InChI is InChI=1S/C23H23N5O6/c1-2-34-18-6-4-3-5-17(18)26-9-10-27-16-8-7-15(28(32)33)11-14(16)12-23(19(27)13-26)20(29)24-22(31)25-21(23)30/h3-8,11,19H,2,9-10,12-13H2,1H3,(H2,24,25,29,30,31)/t19-/m0/s1. The lowest BCUT2D eigenvalue weighted by atomic mass is 9.68. The Morgan fingerprint density at radius 3 is 2.53 bits per heavy atom. The molecule has 34 heavy (non-hydrogen) atoms. The molecular formula is C23H23N5O6. The Balaban J connectivity index is 1.61. The molecule has 0 aromatic heterocycles. The van der Waals surface area contributed by atoms with Gasteiger partial charge in [-0.05, 0) is 30.7 Å². The average Bonchev–Trinajstić information content (AvgIpc) is 2.82. The Bertz CT molecular complexity index is 1190. The first kappa shape index (κ1) is 21.7. The van der Waals surface area contributed by atoms with Gasteiger partial charge in [-0.2, -0.15) is 0 Å². The Kier molecular flexibility index (Phi) is 5.11. The lowest BCUT2D eigenvalue weighted by Gasteiger charge is -2.54. The largest absolute Gasteiger partial charge is 0.492 e. The minimum atomic E-state index is -1.63. The van der Waals surface area contributed by atoms with E-state index in [1.54, 1.807) is 6.07 Å². The molecule has 176 valence electrons. The summed E-state index contributed by atoms with van der Waals surface area (Å²) in [6.45, 7) is 3.75. The van der Waals surface area contributed by atoms with Gasteiger partial charge in [0.15, 0.2) is 5.41 Å². The molecule has 1 atom stereocenters. The second-order valence-electron chi connectivity index (χ2n) is 8.51. The molecular weight excluding hydrogens is 442 g/mol. The first-order valence-corrected chi connectivity index (χ1v) is 11.0. The smallest absolute Gasteiger partial charge is 0.328 e. The molecule has 2 saturated heterocycles. The summed E-state index contributed by atoms with van der Waals surface area (Å²) in [6, 6.07) is 10.6. The summed E-state index contributed by atoms with van der Waals surface area (Å²) in [5, 5.41) is 15.9. The van der Waals surface area contributed by atoms with Gasteiger partial charge in [0.1, 0.15) is 5.75 Å². The fourth-order valence-electron chi connectivity index (χ4n) is 5.26. The molecule has 0 saturated carbocycles. The summed E-state index contributed by atoms with van der Waals surface area (Å²) in [6.07, 6.45) is -0.0585. The minimum absolute atomic E-state index is 0.0585. The quantitative estimate of drug-likeness (QED) is 0.395. The molecule has 3 heterocycles. The number of nitro groups is 1. The van der Waals surface area contributed by atoms with E-state index in [1.165, 1.54) is 12.1 Å². The van der Waals surface area contributed by atoms with Crippen LogP contribution in [-0.4, -0.2) is 55.1 Å². The number of carbonyl (C=O) groups excluding carboxylic acids is 3. The van der Waals surface area contributed by atoms with Crippen LogP contribution in [0, 0.1) is 15.5 Å². The van der Waals surface area contributed by atoms with Gasteiger partial charge in [-0.1, -0.05) is 12.1 Å². The van der Waals surface area contributed by atoms with Gasteiger partial charge in [-0.25, -0.2) is 4.79 Å². The summed E-state index contributed by atoms with van der Waals surface area (Å²) in [4.78, 5) is 53.3. The van der Waals surface area contributed by atoms with Crippen molar-refractivity contribution in [2.24, 2.45) is 5.41 Å². The normalized spacial score (nSPS) is 20.9. The van der Waals surface area contributed by atoms with E-state index in [2.05, 4.69) is 15.5 Å². The molecule has 3 aliphatic heterocycles. The predicted molar refractivity (Wildman–Crippen MR) is 122 cm³/mol. The number of imide groups is 2. The van der Waals surface area contributed by atoms with Crippen molar-refractivity contribution >= 4 is 34.9 Å². The van der Waals surface area contributed by atoms with Crippen molar-refractivity contribution in [1.82, 2.24) is 10.6 Å². The maximum atomic E-state index is 13.3. The maximum Gasteiger partial charge on any atom is 0.328 e. The highest BCUT2D eigenvalue weighted by Gasteiger charge is 2.61. The van der Waals surface area contributed by atoms with Crippen LogP contribution in [0.25, 0.3) is 0 Å². The van der Waals surface area contributed by atoms with Crippen molar-refractivity contribution < 1.29 is 24.0 Å². The van der Waals surface area contributed by atoms with Gasteiger partial charge in [0.2, 0.25) is 11.8 Å². The van der Waals surface area contributed by atoms with Crippen LogP contribution in [0.3, 0.4) is 0 Å². The van der Waals surface area contributed by atoms with Crippen LogP contribution in [-0.2, 0) is 16.0 Å². The summed E-state index contributed by atoms with van der Waals surface area (Å²) in [5.41, 5.74) is 0.366. The summed E-state index contributed by atoms with van der Waals surface area (Å²) in [7, 11) is 0. The zero-order chi connectivity index (χ0) is 24.0. The summed E-state index contributed by atoms with van der Waals surface area (Å²) < 4.78 is 5.79. The fraction of sp³-hybridized carbons (Fsp3) is 0.348. The number of amides is 4. The number of nitro benzene ring substituents is 1. The number of nitrogens with one attached hydrogen (secondary N) is 2. The highest BCUT2D eigenvalue weighted by atomic mass is 16.6.